The van der Waals surface area contributed by atoms with Gasteiger partial charge in [0.2, 0.25) is 0 Å². The van der Waals surface area contributed by atoms with E-state index < -0.39 is 8.38 Å². The largest absolute Gasteiger partial charge is 0.347 e. The van der Waals surface area contributed by atoms with Gasteiger partial charge in [-0.05, 0) is 103 Å². The average molecular weight is 623 g/mol. The first-order valence-electron chi connectivity index (χ1n) is 16.3. The Labute approximate surface area is 274 Å². The lowest BCUT2D eigenvalue weighted by Crippen LogP contribution is -2.21. The molecular weight excluding hydrogens is 567 g/mol. The van der Waals surface area contributed by atoms with E-state index in [2.05, 4.69) is 152 Å². The highest BCUT2D eigenvalue weighted by Gasteiger charge is 2.32. The first-order chi connectivity index (χ1) is 20.5. The van der Waals surface area contributed by atoms with Crippen molar-refractivity contribution in [1.29, 1.82) is 0 Å². The number of rotatable bonds is 4. The van der Waals surface area contributed by atoms with Gasteiger partial charge in [-0.1, -0.05) is 144 Å². The molecule has 4 aromatic carbocycles. The maximum atomic E-state index is 11.1. The van der Waals surface area contributed by atoms with Gasteiger partial charge in [0, 0.05) is 10.9 Å². The summed E-state index contributed by atoms with van der Waals surface area (Å²) in [6.07, 6.45) is 0. The van der Waals surface area contributed by atoms with E-state index in [9.17, 15) is 9.79 Å². The SMILES string of the molecule is Cc1cc(-c2c(-c3ccccc3)ccc(P(O)O)c2-c2cc(C)c(C(C)(C)C)cc2C(C)(C)C)c(C(C)(C)C)cc1C(C)(C)C. The molecule has 0 aliphatic rings. The third-order valence-corrected chi connectivity index (χ3v) is 9.79. The van der Waals surface area contributed by atoms with Crippen LogP contribution in [0.5, 0.6) is 0 Å². The molecule has 0 aliphatic carbocycles. The van der Waals surface area contributed by atoms with E-state index in [1.165, 1.54) is 33.4 Å². The van der Waals surface area contributed by atoms with E-state index in [0.29, 0.717) is 5.30 Å². The molecule has 0 radical (unpaired) electrons. The molecule has 240 valence electrons. The van der Waals surface area contributed by atoms with Crippen LogP contribution in [0.1, 0.15) is 116 Å². The second kappa shape index (κ2) is 12.1. The van der Waals surface area contributed by atoms with Crippen LogP contribution in [-0.4, -0.2) is 9.79 Å². The summed E-state index contributed by atoms with van der Waals surface area (Å²) < 4.78 is 0. The molecule has 3 heteroatoms. The summed E-state index contributed by atoms with van der Waals surface area (Å²) in [6.45, 7) is 31.7. The molecule has 0 bridgehead atoms. The van der Waals surface area contributed by atoms with Crippen molar-refractivity contribution >= 4 is 13.7 Å². The van der Waals surface area contributed by atoms with Crippen molar-refractivity contribution in [2.75, 3.05) is 0 Å². The van der Waals surface area contributed by atoms with Crippen LogP contribution in [0.2, 0.25) is 0 Å². The van der Waals surface area contributed by atoms with Gasteiger partial charge in [0.1, 0.15) is 0 Å². The zero-order valence-corrected chi connectivity index (χ0v) is 31.1. The topological polar surface area (TPSA) is 40.5 Å². The zero-order chi connectivity index (χ0) is 33.9. The Bertz CT molecular complexity index is 1700. The van der Waals surface area contributed by atoms with E-state index in [4.69, 9.17) is 0 Å². The van der Waals surface area contributed by atoms with Crippen molar-refractivity contribution in [2.45, 2.75) is 119 Å². The molecule has 4 aromatic rings. The molecule has 45 heavy (non-hydrogen) atoms. The molecule has 0 saturated carbocycles. The lowest BCUT2D eigenvalue weighted by atomic mass is 9.72. The highest BCUT2D eigenvalue weighted by atomic mass is 31.2. The Morgan fingerprint density at radius 1 is 0.444 bits per heavy atom. The smallest absolute Gasteiger partial charge is 0.200 e. The van der Waals surface area contributed by atoms with E-state index in [0.717, 1.165) is 33.4 Å². The van der Waals surface area contributed by atoms with Crippen molar-refractivity contribution in [2.24, 2.45) is 0 Å². The third-order valence-electron chi connectivity index (χ3n) is 8.98. The molecule has 0 atom stereocenters. The van der Waals surface area contributed by atoms with Gasteiger partial charge in [-0.2, -0.15) is 0 Å². The van der Waals surface area contributed by atoms with Crippen LogP contribution in [0.15, 0.2) is 66.7 Å². The van der Waals surface area contributed by atoms with Gasteiger partial charge >= 0.3 is 0 Å². The van der Waals surface area contributed by atoms with Crippen LogP contribution in [0.3, 0.4) is 0 Å². The number of hydrogen-bond donors (Lipinski definition) is 2. The molecular formula is C42H55O2P. The van der Waals surface area contributed by atoms with Crippen molar-refractivity contribution < 1.29 is 9.79 Å². The van der Waals surface area contributed by atoms with Crippen LogP contribution < -0.4 is 5.30 Å². The zero-order valence-electron chi connectivity index (χ0n) is 30.2. The Kier molecular flexibility index (Phi) is 9.44. The lowest BCUT2D eigenvalue weighted by Gasteiger charge is -2.33. The number of aryl methyl sites for hydroxylation is 2. The predicted molar refractivity (Wildman–Crippen MR) is 198 cm³/mol. The third kappa shape index (κ3) is 7.15. The molecule has 0 aliphatic heterocycles. The molecule has 4 rings (SSSR count). The van der Waals surface area contributed by atoms with Crippen molar-refractivity contribution in [3.63, 3.8) is 0 Å². The summed E-state index contributed by atoms with van der Waals surface area (Å²) in [5.74, 6) is 0. The molecule has 0 heterocycles. The molecule has 2 N–H and O–H groups in total. The van der Waals surface area contributed by atoms with E-state index in [-0.39, 0.29) is 21.7 Å². The second-order valence-corrected chi connectivity index (χ2v) is 18.0. The van der Waals surface area contributed by atoms with Crippen LogP contribution >= 0.6 is 8.38 Å². The van der Waals surface area contributed by atoms with Gasteiger partial charge in [-0.15, -0.1) is 0 Å². The van der Waals surface area contributed by atoms with Crippen molar-refractivity contribution in [3.8, 4) is 33.4 Å². The molecule has 0 unspecified atom stereocenters. The number of hydrogen-bond acceptors (Lipinski definition) is 2. The van der Waals surface area contributed by atoms with Gasteiger partial charge in [-0.3, -0.25) is 0 Å². The molecule has 0 aromatic heterocycles. The molecule has 0 fully saturated rings. The molecule has 2 nitrogen and oxygen atoms in total. The summed E-state index contributed by atoms with van der Waals surface area (Å²) in [5, 5.41) is 0.588. The van der Waals surface area contributed by atoms with Gasteiger partial charge < -0.3 is 9.79 Å². The van der Waals surface area contributed by atoms with Gasteiger partial charge in [0.05, 0.1) is 0 Å². The Morgan fingerprint density at radius 3 is 1.22 bits per heavy atom. The van der Waals surface area contributed by atoms with Crippen LogP contribution in [0.4, 0.5) is 0 Å². The van der Waals surface area contributed by atoms with Crippen LogP contribution in [0.25, 0.3) is 33.4 Å². The Hall–Kier alpha value is -2.77. The standard InChI is InChI=1S/C42H55O2P/c1-26-22-30(34(41(9,10)11)24-32(26)39(3,4)5)37-29(28-18-16-15-17-19-28)20-21-36(45(43)44)38(37)31-23-27(2)33(40(6,7)8)25-35(31)42(12,13)14/h15-25,43-44H,1-14H3. The summed E-state index contributed by atoms with van der Waals surface area (Å²) in [4.78, 5) is 22.2. The fourth-order valence-corrected chi connectivity index (χ4v) is 7.50. The minimum absolute atomic E-state index is 0.0145. The highest BCUT2D eigenvalue weighted by Crippen LogP contribution is 2.50. The van der Waals surface area contributed by atoms with E-state index >= 15 is 0 Å². The molecule has 0 spiro atoms. The summed E-state index contributed by atoms with van der Waals surface area (Å²) in [6, 6.07) is 24.0. The Balaban J connectivity index is 2.35. The minimum atomic E-state index is -2.39. The van der Waals surface area contributed by atoms with E-state index in [1.54, 1.807) is 0 Å². The molecule has 0 amide bonds. The fraction of sp³-hybridized carbons (Fsp3) is 0.429. The quantitative estimate of drug-likeness (QED) is 0.222. The normalized spacial score (nSPS) is 13.1. The van der Waals surface area contributed by atoms with Gasteiger partial charge in [-0.25, -0.2) is 0 Å². The van der Waals surface area contributed by atoms with Crippen LogP contribution in [-0.2, 0) is 21.7 Å². The number of benzene rings is 4. The lowest BCUT2D eigenvalue weighted by molar-refractivity contribution is 0.497. The van der Waals surface area contributed by atoms with Crippen molar-refractivity contribution in [1.82, 2.24) is 0 Å². The molecule has 0 saturated heterocycles. The van der Waals surface area contributed by atoms with Crippen molar-refractivity contribution in [3.05, 3.63) is 100 Å². The summed E-state index contributed by atoms with van der Waals surface area (Å²) in [5.41, 5.74) is 13.6. The first kappa shape index (κ1) is 35.1. The average Bonchev–Trinajstić information content (AvgIpc) is 2.89. The second-order valence-electron chi connectivity index (χ2n) is 17.0. The van der Waals surface area contributed by atoms with E-state index in [1.807, 2.05) is 12.1 Å². The summed E-state index contributed by atoms with van der Waals surface area (Å²) in [7, 11) is -2.39. The fourth-order valence-electron chi connectivity index (χ4n) is 6.86. The van der Waals surface area contributed by atoms with Gasteiger partial charge in [0.25, 0.3) is 0 Å². The maximum absolute atomic E-state index is 11.1. The minimum Gasteiger partial charge on any atom is -0.347 e. The highest BCUT2D eigenvalue weighted by molar-refractivity contribution is 7.54. The summed E-state index contributed by atoms with van der Waals surface area (Å²) >= 11 is 0. The first-order valence-corrected chi connectivity index (χ1v) is 17.5. The van der Waals surface area contributed by atoms with Gasteiger partial charge in [0.15, 0.2) is 8.38 Å². The maximum Gasteiger partial charge on any atom is 0.200 e. The monoisotopic (exact) mass is 622 g/mol. The predicted octanol–water partition coefficient (Wildman–Crippen LogP) is 11.4. The Morgan fingerprint density at radius 2 is 0.844 bits per heavy atom. The van der Waals surface area contributed by atoms with Crippen LogP contribution in [0, 0.1) is 13.8 Å².